The molecular formula is C24H29ClN4O6. The molecule has 3 rings (SSSR count). The van der Waals surface area contributed by atoms with Crippen molar-refractivity contribution in [3.63, 3.8) is 0 Å². The Hall–Kier alpha value is -3.21. The van der Waals surface area contributed by atoms with Gasteiger partial charge in [-0.05, 0) is 49.6 Å². The van der Waals surface area contributed by atoms with E-state index in [0.29, 0.717) is 36.8 Å². The molecule has 0 bridgehead atoms. The first-order valence-electron chi connectivity index (χ1n) is 11.4. The molecule has 0 unspecified atom stereocenters. The first kappa shape index (κ1) is 26.4. The van der Waals surface area contributed by atoms with Gasteiger partial charge in [0.1, 0.15) is 12.0 Å². The predicted molar refractivity (Wildman–Crippen MR) is 131 cm³/mol. The average molecular weight is 505 g/mol. The van der Waals surface area contributed by atoms with Crippen molar-refractivity contribution in [2.75, 3.05) is 31.6 Å². The van der Waals surface area contributed by atoms with Crippen LogP contribution in [0.4, 0.5) is 11.5 Å². The number of ether oxygens (including phenoxy) is 2. The van der Waals surface area contributed by atoms with Gasteiger partial charge >= 0.3 is 0 Å². The van der Waals surface area contributed by atoms with Crippen molar-refractivity contribution in [2.24, 2.45) is 5.92 Å². The van der Waals surface area contributed by atoms with Crippen LogP contribution in [0.15, 0.2) is 54.4 Å². The van der Waals surface area contributed by atoms with Crippen molar-refractivity contribution in [3.8, 4) is 0 Å². The highest BCUT2D eigenvalue weighted by molar-refractivity contribution is 6.30. The van der Waals surface area contributed by atoms with Gasteiger partial charge in [0.25, 0.3) is 11.6 Å². The first-order chi connectivity index (χ1) is 16.9. The number of aromatic nitrogens is 1. The van der Waals surface area contributed by atoms with Crippen LogP contribution in [0.3, 0.4) is 0 Å². The van der Waals surface area contributed by atoms with Crippen LogP contribution < -0.4 is 10.6 Å². The summed E-state index contributed by atoms with van der Waals surface area (Å²) >= 11 is 6.06. The number of pyridine rings is 1. The molecule has 0 aliphatic carbocycles. The average Bonchev–Trinajstić information content (AvgIpc) is 2.86. The van der Waals surface area contributed by atoms with Gasteiger partial charge in [0.15, 0.2) is 5.76 Å². The van der Waals surface area contributed by atoms with Crippen molar-refractivity contribution in [2.45, 2.75) is 32.0 Å². The summed E-state index contributed by atoms with van der Waals surface area (Å²) in [6.07, 6.45) is 3.56. The number of benzene rings is 1. The largest absolute Gasteiger partial charge is 0.459 e. The quantitative estimate of drug-likeness (QED) is 0.226. The lowest BCUT2D eigenvalue weighted by Gasteiger charge is -2.37. The van der Waals surface area contributed by atoms with Crippen molar-refractivity contribution < 1.29 is 24.3 Å². The molecule has 2 aromatic rings. The van der Waals surface area contributed by atoms with E-state index in [1.54, 1.807) is 18.2 Å². The first-order valence-corrected chi connectivity index (χ1v) is 11.8. The summed E-state index contributed by atoms with van der Waals surface area (Å²) in [6, 6.07) is 10.3. The molecule has 11 heteroatoms. The molecule has 0 saturated carbocycles. The van der Waals surface area contributed by atoms with Crippen LogP contribution in [0.2, 0.25) is 5.02 Å². The molecule has 10 nitrogen and oxygen atoms in total. The van der Waals surface area contributed by atoms with Crippen LogP contribution in [-0.4, -0.2) is 53.5 Å². The highest BCUT2D eigenvalue weighted by Crippen LogP contribution is 2.39. The van der Waals surface area contributed by atoms with E-state index < -0.39 is 11.2 Å². The lowest BCUT2D eigenvalue weighted by atomic mass is 9.80. The van der Waals surface area contributed by atoms with Crippen molar-refractivity contribution >= 4 is 29.0 Å². The standard InChI is InChI=1S/C24H29ClN4O6/c1-2-34-24-19(4-3-13-30)20(16-5-7-17(25)8-6-16)14-21(35-24)23(31)27-12-11-26-22-10-9-18(15-28-22)29(32)33/h5-10,14-15,19-20,24,30H,2-4,11-13H2,1H3,(H,26,28)(H,27,31)/t19-,20-,24-/m0/s1. The van der Waals surface area contributed by atoms with E-state index in [1.807, 2.05) is 19.1 Å². The van der Waals surface area contributed by atoms with Gasteiger partial charge in [-0.3, -0.25) is 14.9 Å². The number of anilines is 1. The van der Waals surface area contributed by atoms with E-state index >= 15 is 0 Å². The Morgan fingerprint density at radius 3 is 2.66 bits per heavy atom. The molecule has 0 spiro atoms. The fraction of sp³-hybridized carbons (Fsp3) is 0.417. The maximum absolute atomic E-state index is 12.9. The van der Waals surface area contributed by atoms with Gasteiger partial charge in [0, 0.05) is 49.2 Å². The summed E-state index contributed by atoms with van der Waals surface area (Å²) < 4.78 is 11.8. The topological polar surface area (TPSA) is 136 Å². The van der Waals surface area contributed by atoms with E-state index in [0.717, 1.165) is 5.56 Å². The monoisotopic (exact) mass is 504 g/mol. The molecule has 0 saturated heterocycles. The van der Waals surface area contributed by atoms with Gasteiger partial charge < -0.3 is 25.2 Å². The Morgan fingerprint density at radius 2 is 2.03 bits per heavy atom. The number of nitrogens with zero attached hydrogens (tertiary/aromatic N) is 2. The molecule has 1 aliphatic rings. The highest BCUT2D eigenvalue weighted by Gasteiger charge is 2.37. The number of carbonyl (C=O) groups excluding carboxylic acids is 1. The minimum Gasteiger partial charge on any atom is -0.459 e. The number of rotatable bonds is 12. The van der Waals surface area contributed by atoms with Gasteiger partial charge in [-0.25, -0.2) is 4.98 Å². The normalized spacial score (nSPS) is 19.4. The number of hydrogen-bond donors (Lipinski definition) is 3. The van der Waals surface area contributed by atoms with Crippen LogP contribution >= 0.6 is 11.6 Å². The van der Waals surface area contributed by atoms with Crippen LogP contribution in [0.1, 0.15) is 31.2 Å². The van der Waals surface area contributed by atoms with Crippen molar-refractivity contribution in [1.29, 1.82) is 0 Å². The highest BCUT2D eigenvalue weighted by atomic mass is 35.5. The molecule has 1 amide bonds. The second-order valence-corrected chi connectivity index (χ2v) is 8.36. The third-order valence-corrected chi connectivity index (χ3v) is 5.82. The zero-order chi connectivity index (χ0) is 25.2. The predicted octanol–water partition coefficient (Wildman–Crippen LogP) is 3.62. The third kappa shape index (κ3) is 7.38. The van der Waals surface area contributed by atoms with E-state index in [9.17, 15) is 20.0 Å². The Kier molecular flexibility index (Phi) is 9.83. The number of allylic oxidation sites excluding steroid dienone is 1. The number of carbonyl (C=O) groups is 1. The molecule has 3 atom stereocenters. The molecule has 3 N–H and O–H groups in total. The second kappa shape index (κ2) is 13.0. The van der Waals surface area contributed by atoms with E-state index in [-0.39, 0.29) is 42.3 Å². The molecule has 35 heavy (non-hydrogen) atoms. The molecule has 0 radical (unpaired) electrons. The number of nitro groups is 1. The van der Waals surface area contributed by atoms with E-state index in [1.165, 1.54) is 18.3 Å². The molecule has 2 heterocycles. The number of amides is 1. The van der Waals surface area contributed by atoms with Crippen molar-refractivity contribution in [3.05, 3.63) is 75.1 Å². The lowest BCUT2D eigenvalue weighted by Crippen LogP contribution is -2.39. The summed E-state index contributed by atoms with van der Waals surface area (Å²) in [5.74, 6) is -0.00392. The van der Waals surface area contributed by atoms with Crippen LogP contribution in [0.5, 0.6) is 0 Å². The van der Waals surface area contributed by atoms with Gasteiger partial charge in [-0.15, -0.1) is 0 Å². The Balaban J connectivity index is 1.67. The van der Waals surface area contributed by atoms with Gasteiger partial charge in [-0.1, -0.05) is 23.7 Å². The number of nitrogens with one attached hydrogen (secondary N) is 2. The van der Waals surface area contributed by atoms with Gasteiger partial charge in [0.2, 0.25) is 6.29 Å². The fourth-order valence-electron chi connectivity index (χ4n) is 3.88. The zero-order valence-electron chi connectivity index (χ0n) is 19.4. The molecular weight excluding hydrogens is 476 g/mol. The summed E-state index contributed by atoms with van der Waals surface area (Å²) in [7, 11) is 0. The maximum Gasteiger partial charge on any atom is 0.287 e. The molecule has 1 aromatic heterocycles. The lowest BCUT2D eigenvalue weighted by molar-refractivity contribution is -0.385. The summed E-state index contributed by atoms with van der Waals surface area (Å²) in [4.78, 5) is 27.1. The smallest absolute Gasteiger partial charge is 0.287 e. The molecule has 188 valence electrons. The van der Waals surface area contributed by atoms with E-state index in [4.69, 9.17) is 21.1 Å². The SMILES string of the molecule is CCO[C@H]1OC(C(=O)NCCNc2ccc([N+](=O)[O-])cn2)=C[C@@H](c2ccc(Cl)cc2)[C@@H]1CCCO. The molecule has 1 aromatic carbocycles. The second-order valence-electron chi connectivity index (χ2n) is 7.92. The summed E-state index contributed by atoms with van der Waals surface area (Å²) in [5.41, 5.74) is 0.878. The van der Waals surface area contributed by atoms with Crippen LogP contribution in [0.25, 0.3) is 0 Å². The fourth-order valence-corrected chi connectivity index (χ4v) is 4.01. The van der Waals surface area contributed by atoms with Crippen molar-refractivity contribution in [1.82, 2.24) is 10.3 Å². The number of hydrogen-bond acceptors (Lipinski definition) is 8. The number of aliphatic hydroxyl groups excluding tert-OH is 1. The molecule has 1 aliphatic heterocycles. The maximum atomic E-state index is 12.9. The Bertz CT molecular complexity index is 1020. The summed E-state index contributed by atoms with van der Waals surface area (Å²) in [5, 5.41) is 26.5. The van der Waals surface area contributed by atoms with Crippen LogP contribution in [-0.2, 0) is 14.3 Å². The summed E-state index contributed by atoms with van der Waals surface area (Å²) in [6.45, 7) is 2.96. The number of aliphatic hydroxyl groups is 1. The number of halogens is 1. The van der Waals surface area contributed by atoms with Gasteiger partial charge in [-0.2, -0.15) is 0 Å². The van der Waals surface area contributed by atoms with E-state index in [2.05, 4.69) is 15.6 Å². The Labute approximate surface area is 208 Å². The zero-order valence-corrected chi connectivity index (χ0v) is 20.1. The third-order valence-electron chi connectivity index (χ3n) is 5.57. The minimum atomic E-state index is -0.639. The van der Waals surface area contributed by atoms with Crippen LogP contribution in [0, 0.1) is 16.0 Å². The van der Waals surface area contributed by atoms with Gasteiger partial charge in [0.05, 0.1) is 4.92 Å². The molecule has 0 fully saturated rings. The Morgan fingerprint density at radius 1 is 1.26 bits per heavy atom. The minimum absolute atomic E-state index is 0.0519.